The van der Waals surface area contributed by atoms with Crippen LogP contribution in [0.5, 0.6) is 5.75 Å². The second-order valence-electron chi connectivity index (χ2n) is 5.76. The molecule has 0 N–H and O–H groups in total. The largest absolute Gasteiger partial charge is 0.480 e. The first-order valence-corrected chi connectivity index (χ1v) is 8.60. The van der Waals surface area contributed by atoms with Crippen LogP contribution in [0.2, 0.25) is 10.0 Å². The quantitative estimate of drug-likeness (QED) is 0.684. The smallest absolute Gasteiger partial charge is 0.344 e. The lowest BCUT2D eigenvalue weighted by molar-refractivity contribution is 0.0838. The van der Waals surface area contributed by atoms with Gasteiger partial charge in [0.2, 0.25) is 0 Å². The van der Waals surface area contributed by atoms with Crippen molar-refractivity contribution < 1.29 is 9.15 Å². The average molecular weight is 355 g/mol. The average Bonchev–Trinajstić information content (AvgIpc) is 2.70. The van der Waals surface area contributed by atoms with E-state index >= 15 is 0 Å². The van der Waals surface area contributed by atoms with Gasteiger partial charge in [-0.25, -0.2) is 4.79 Å². The lowest BCUT2D eigenvalue weighted by atomic mass is 9.82. The zero-order chi connectivity index (χ0) is 15.6. The normalized spacial score (nSPS) is 25.2. The molecule has 2 aliphatic rings. The summed E-state index contributed by atoms with van der Waals surface area (Å²) in [5, 5.41) is 1.05. The monoisotopic (exact) mass is 354 g/mol. The predicted octanol–water partition coefficient (Wildman–Crippen LogP) is 4.75. The fourth-order valence-corrected chi connectivity index (χ4v) is 5.39. The molecule has 0 saturated heterocycles. The van der Waals surface area contributed by atoms with E-state index in [9.17, 15) is 4.79 Å². The van der Waals surface area contributed by atoms with Crippen LogP contribution in [0.3, 0.4) is 0 Å². The van der Waals surface area contributed by atoms with Crippen LogP contribution in [0.1, 0.15) is 29.7 Å². The molecule has 4 rings (SSSR count). The van der Waals surface area contributed by atoms with Gasteiger partial charge in [-0.1, -0.05) is 23.2 Å². The zero-order valence-electron chi connectivity index (χ0n) is 11.9. The highest BCUT2D eigenvalue weighted by Crippen LogP contribution is 2.58. The summed E-state index contributed by atoms with van der Waals surface area (Å²) in [5.41, 5.74) is 0.413. The summed E-state index contributed by atoms with van der Waals surface area (Å²) in [6.07, 6.45) is 0. The van der Waals surface area contributed by atoms with Crippen molar-refractivity contribution in [2.24, 2.45) is 0 Å². The Morgan fingerprint density at radius 1 is 1.32 bits per heavy atom. The van der Waals surface area contributed by atoms with Gasteiger partial charge in [0.15, 0.2) is 0 Å². The predicted molar refractivity (Wildman–Crippen MR) is 87.6 cm³/mol. The minimum absolute atomic E-state index is 0.0156. The number of hydrogen-bond acceptors (Lipinski definition) is 4. The van der Waals surface area contributed by atoms with Crippen molar-refractivity contribution >= 4 is 35.0 Å². The van der Waals surface area contributed by atoms with E-state index in [1.54, 1.807) is 24.8 Å². The van der Waals surface area contributed by atoms with Crippen molar-refractivity contribution in [3.63, 3.8) is 0 Å². The first-order chi connectivity index (χ1) is 10.4. The van der Waals surface area contributed by atoms with Gasteiger partial charge in [-0.2, -0.15) is 0 Å². The summed E-state index contributed by atoms with van der Waals surface area (Å²) < 4.78 is 11.5. The van der Waals surface area contributed by atoms with Gasteiger partial charge in [-0.05, 0) is 32.0 Å². The van der Waals surface area contributed by atoms with Crippen LogP contribution >= 0.6 is 35.0 Å². The summed E-state index contributed by atoms with van der Waals surface area (Å²) in [6, 6.07) is 5.43. The molecule has 2 unspecified atom stereocenters. The Morgan fingerprint density at radius 3 is 2.86 bits per heavy atom. The summed E-state index contributed by atoms with van der Waals surface area (Å²) in [4.78, 5) is 13.3. The highest BCUT2D eigenvalue weighted by Gasteiger charge is 2.52. The van der Waals surface area contributed by atoms with Crippen molar-refractivity contribution in [2.75, 3.05) is 5.75 Å². The van der Waals surface area contributed by atoms with E-state index in [1.807, 2.05) is 19.1 Å². The SMILES string of the molecule is Cc1cc2c(c(=O)o1)C1(C)Oc3c(Cl)cc(Cl)cc3C1CS2. The molecule has 0 radical (unpaired) electrons. The lowest BCUT2D eigenvalue weighted by Gasteiger charge is -2.35. The van der Waals surface area contributed by atoms with E-state index in [4.69, 9.17) is 32.4 Å². The molecule has 2 aromatic rings. The molecule has 3 heterocycles. The van der Waals surface area contributed by atoms with Gasteiger partial charge in [0.25, 0.3) is 0 Å². The standard InChI is InChI=1S/C16H12Cl2O3S/c1-7-3-12-13(15(19)20-7)16(2)10(6-22-12)9-4-8(17)5-11(18)14(9)21-16/h3-5,10H,6H2,1-2H3. The maximum atomic E-state index is 12.4. The van der Waals surface area contributed by atoms with E-state index < -0.39 is 5.60 Å². The molecular weight excluding hydrogens is 343 g/mol. The molecule has 0 fully saturated rings. The van der Waals surface area contributed by atoms with Crippen LogP contribution in [-0.4, -0.2) is 5.75 Å². The summed E-state index contributed by atoms with van der Waals surface area (Å²) >= 11 is 14.0. The fourth-order valence-electron chi connectivity index (χ4n) is 3.32. The number of halogens is 2. The van der Waals surface area contributed by atoms with Crippen LogP contribution in [0, 0.1) is 6.92 Å². The Kier molecular flexibility index (Phi) is 3.09. The van der Waals surface area contributed by atoms with Crippen LogP contribution < -0.4 is 10.4 Å². The first kappa shape index (κ1) is 14.5. The second-order valence-corrected chi connectivity index (χ2v) is 7.67. The summed E-state index contributed by atoms with van der Waals surface area (Å²) in [6.45, 7) is 3.70. The van der Waals surface area contributed by atoms with Crippen molar-refractivity contribution in [1.82, 2.24) is 0 Å². The van der Waals surface area contributed by atoms with Gasteiger partial charge >= 0.3 is 5.63 Å². The number of ether oxygens (including phenoxy) is 1. The van der Waals surface area contributed by atoms with E-state index in [-0.39, 0.29) is 11.5 Å². The van der Waals surface area contributed by atoms with Crippen molar-refractivity contribution in [3.8, 4) is 5.75 Å². The lowest BCUT2D eigenvalue weighted by Crippen LogP contribution is -2.40. The Hall–Kier alpha value is -1.10. The second kappa shape index (κ2) is 4.70. The molecule has 2 atom stereocenters. The summed E-state index contributed by atoms with van der Waals surface area (Å²) in [5.74, 6) is 2.04. The molecule has 2 aliphatic heterocycles. The highest BCUT2D eigenvalue weighted by molar-refractivity contribution is 7.99. The van der Waals surface area contributed by atoms with Crippen molar-refractivity contribution in [2.45, 2.75) is 30.3 Å². The minimum atomic E-state index is -0.772. The first-order valence-electron chi connectivity index (χ1n) is 6.86. The molecule has 0 aliphatic carbocycles. The highest BCUT2D eigenvalue weighted by atomic mass is 35.5. The molecular formula is C16H12Cl2O3S. The molecule has 0 amide bonds. The third kappa shape index (κ3) is 1.87. The number of benzene rings is 1. The molecule has 1 aromatic carbocycles. The maximum Gasteiger partial charge on any atom is 0.344 e. The van der Waals surface area contributed by atoms with Crippen LogP contribution in [0.15, 0.2) is 32.3 Å². The van der Waals surface area contributed by atoms with Crippen molar-refractivity contribution in [1.29, 1.82) is 0 Å². The molecule has 6 heteroatoms. The maximum absolute atomic E-state index is 12.4. The third-order valence-electron chi connectivity index (χ3n) is 4.33. The Balaban J connectivity index is 1.97. The Labute approximate surface area is 141 Å². The molecule has 3 nitrogen and oxygen atoms in total. The van der Waals surface area contributed by atoms with E-state index in [0.717, 1.165) is 16.2 Å². The van der Waals surface area contributed by atoms with Crippen LogP contribution in [-0.2, 0) is 5.60 Å². The number of hydrogen-bond donors (Lipinski definition) is 0. The molecule has 0 spiro atoms. The van der Waals surface area contributed by atoms with Gasteiger partial charge in [0, 0.05) is 27.2 Å². The molecule has 1 aromatic heterocycles. The van der Waals surface area contributed by atoms with Crippen LogP contribution in [0.25, 0.3) is 0 Å². The van der Waals surface area contributed by atoms with Crippen LogP contribution in [0.4, 0.5) is 0 Å². The van der Waals surface area contributed by atoms with Gasteiger partial charge in [0.05, 0.1) is 10.6 Å². The zero-order valence-corrected chi connectivity index (χ0v) is 14.2. The van der Waals surface area contributed by atoms with Crippen molar-refractivity contribution in [3.05, 3.63) is 55.6 Å². The summed E-state index contributed by atoms with van der Waals surface area (Å²) in [7, 11) is 0. The van der Waals surface area contributed by atoms with Gasteiger partial charge in [-0.15, -0.1) is 11.8 Å². The van der Waals surface area contributed by atoms with E-state index in [1.165, 1.54) is 0 Å². The number of fused-ring (bicyclic) bond motifs is 5. The number of aryl methyl sites for hydroxylation is 1. The Bertz CT molecular complexity index is 861. The molecule has 0 saturated carbocycles. The minimum Gasteiger partial charge on any atom is -0.480 e. The van der Waals surface area contributed by atoms with E-state index in [2.05, 4.69) is 0 Å². The number of rotatable bonds is 0. The number of thioether (sulfide) groups is 1. The fraction of sp³-hybridized carbons (Fsp3) is 0.312. The van der Waals surface area contributed by atoms with Gasteiger partial charge in [0.1, 0.15) is 17.1 Å². The topological polar surface area (TPSA) is 39.4 Å². The third-order valence-corrected chi connectivity index (χ3v) is 5.96. The molecule has 114 valence electrons. The molecule has 22 heavy (non-hydrogen) atoms. The van der Waals surface area contributed by atoms with Gasteiger partial charge < -0.3 is 9.15 Å². The van der Waals surface area contributed by atoms with Gasteiger partial charge in [-0.3, -0.25) is 0 Å². The Morgan fingerprint density at radius 2 is 2.09 bits per heavy atom. The van der Waals surface area contributed by atoms with E-state index in [0.29, 0.717) is 27.1 Å². The molecule has 0 bridgehead atoms.